The van der Waals surface area contributed by atoms with Gasteiger partial charge >= 0.3 is 12.0 Å². The molecular weight excluding hydrogens is 222 g/mol. The molecule has 6 nitrogen and oxygen atoms in total. The summed E-state index contributed by atoms with van der Waals surface area (Å²) in [5.41, 5.74) is 0.690. The normalized spacial score (nSPS) is 14.1. The fraction of sp³-hybridized carbons (Fsp3) is 0.364. The first-order valence-corrected chi connectivity index (χ1v) is 5.38. The molecule has 2 amide bonds. The number of carboxylic acids is 1. The molecule has 0 bridgehead atoms. The predicted molar refractivity (Wildman–Crippen MR) is 59.6 cm³/mol. The van der Waals surface area contributed by atoms with Crippen molar-refractivity contribution >= 4 is 12.0 Å². The summed E-state index contributed by atoms with van der Waals surface area (Å²) in [4.78, 5) is 26.0. The number of carboxylic acid groups (broad SMARTS) is 1. The number of aromatic nitrogens is 1. The van der Waals surface area contributed by atoms with E-state index in [1.54, 1.807) is 0 Å². The summed E-state index contributed by atoms with van der Waals surface area (Å²) in [6.45, 7) is 0.222. The molecule has 1 aromatic rings. The maximum Gasteiger partial charge on any atom is 0.335 e. The minimum absolute atomic E-state index is 0.166. The van der Waals surface area contributed by atoms with Gasteiger partial charge in [-0.25, -0.2) is 9.59 Å². The zero-order chi connectivity index (χ0) is 12.3. The van der Waals surface area contributed by atoms with Gasteiger partial charge in [0.2, 0.25) is 0 Å². The number of hydrogen-bond acceptors (Lipinski definition) is 3. The zero-order valence-corrected chi connectivity index (χ0v) is 9.14. The van der Waals surface area contributed by atoms with E-state index in [9.17, 15) is 9.59 Å². The van der Waals surface area contributed by atoms with Gasteiger partial charge in [0.05, 0.1) is 17.8 Å². The predicted octanol–water partition coefficient (Wildman–Crippen LogP) is 0.741. The van der Waals surface area contributed by atoms with Crippen LogP contribution in [0.5, 0.6) is 0 Å². The number of pyridine rings is 1. The van der Waals surface area contributed by atoms with Crippen LogP contribution in [0, 0.1) is 0 Å². The van der Waals surface area contributed by atoms with Gasteiger partial charge in [-0.2, -0.15) is 0 Å². The summed E-state index contributed by atoms with van der Waals surface area (Å²) < 4.78 is 0. The summed E-state index contributed by atoms with van der Waals surface area (Å²) >= 11 is 0. The minimum atomic E-state index is -1.00. The van der Waals surface area contributed by atoms with Crippen molar-refractivity contribution in [3.63, 3.8) is 0 Å². The standard InChI is InChI=1S/C11H13N3O3/c15-10(16)7-3-4-12-9(5-7)6-13-11(17)14-8-1-2-8/h3-5,8H,1-2,6H2,(H,15,16)(H2,13,14,17). The average molecular weight is 235 g/mol. The smallest absolute Gasteiger partial charge is 0.335 e. The van der Waals surface area contributed by atoms with Crippen LogP contribution in [0.25, 0.3) is 0 Å². The summed E-state index contributed by atoms with van der Waals surface area (Å²) in [5.74, 6) is -1.00. The van der Waals surface area contributed by atoms with Gasteiger partial charge in [-0.05, 0) is 25.0 Å². The number of hydrogen-bond donors (Lipinski definition) is 3. The monoisotopic (exact) mass is 235 g/mol. The molecule has 17 heavy (non-hydrogen) atoms. The first kappa shape index (κ1) is 11.4. The second kappa shape index (κ2) is 4.82. The van der Waals surface area contributed by atoms with Crippen LogP contribution in [0.4, 0.5) is 4.79 Å². The van der Waals surface area contributed by atoms with Crippen molar-refractivity contribution in [3.8, 4) is 0 Å². The van der Waals surface area contributed by atoms with Crippen molar-refractivity contribution < 1.29 is 14.7 Å². The summed E-state index contributed by atoms with van der Waals surface area (Å²) in [7, 11) is 0. The van der Waals surface area contributed by atoms with Crippen LogP contribution in [0.1, 0.15) is 28.9 Å². The Morgan fingerprint density at radius 2 is 2.24 bits per heavy atom. The van der Waals surface area contributed by atoms with Crippen LogP contribution >= 0.6 is 0 Å². The summed E-state index contributed by atoms with van der Waals surface area (Å²) in [5, 5.41) is 14.2. The van der Waals surface area contributed by atoms with Gasteiger partial charge in [0.1, 0.15) is 0 Å². The van der Waals surface area contributed by atoms with Crippen LogP contribution in [0.15, 0.2) is 18.3 Å². The summed E-state index contributed by atoms with van der Waals surface area (Å²) in [6.07, 6.45) is 3.47. The van der Waals surface area contributed by atoms with Gasteiger partial charge in [0, 0.05) is 12.2 Å². The van der Waals surface area contributed by atoms with E-state index < -0.39 is 5.97 Å². The lowest BCUT2D eigenvalue weighted by Gasteiger charge is -2.06. The molecule has 1 saturated carbocycles. The fourth-order valence-corrected chi connectivity index (χ4v) is 1.34. The van der Waals surface area contributed by atoms with E-state index in [0.717, 1.165) is 12.8 Å². The first-order valence-electron chi connectivity index (χ1n) is 5.38. The largest absolute Gasteiger partial charge is 0.478 e. The molecule has 1 aliphatic carbocycles. The SMILES string of the molecule is O=C(NCc1cc(C(=O)O)ccn1)NC1CC1. The van der Waals surface area contributed by atoms with E-state index in [2.05, 4.69) is 15.6 Å². The van der Waals surface area contributed by atoms with E-state index in [0.29, 0.717) is 11.7 Å². The van der Waals surface area contributed by atoms with Crippen molar-refractivity contribution in [1.29, 1.82) is 0 Å². The van der Waals surface area contributed by atoms with Crippen molar-refractivity contribution in [2.45, 2.75) is 25.4 Å². The molecule has 0 spiro atoms. The number of aromatic carboxylic acids is 1. The van der Waals surface area contributed by atoms with E-state index in [1.165, 1.54) is 18.3 Å². The molecule has 0 radical (unpaired) electrons. The Labute approximate surface area is 98.1 Å². The molecule has 0 saturated heterocycles. The minimum Gasteiger partial charge on any atom is -0.478 e. The van der Waals surface area contributed by atoms with Crippen LogP contribution in [-0.2, 0) is 6.54 Å². The molecule has 0 atom stereocenters. The fourth-order valence-electron chi connectivity index (χ4n) is 1.34. The van der Waals surface area contributed by atoms with Gasteiger partial charge in [-0.15, -0.1) is 0 Å². The van der Waals surface area contributed by atoms with Gasteiger partial charge in [-0.1, -0.05) is 0 Å². The Kier molecular flexibility index (Phi) is 3.22. The molecule has 6 heteroatoms. The lowest BCUT2D eigenvalue weighted by molar-refractivity contribution is 0.0696. The molecule has 2 rings (SSSR count). The van der Waals surface area contributed by atoms with Gasteiger partial charge in [0.25, 0.3) is 0 Å². The maximum absolute atomic E-state index is 11.3. The van der Waals surface area contributed by atoms with E-state index in [1.807, 2.05) is 0 Å². The molecule has 0 aromatic carbocycles. The summed E-state index contributed by atoms with van der Waals surface area (Å²) in [6, 6.07) is 2.92. The number of nitrogens with zero attached hydrogens (tertiary/aromatic N) is 1. The second-order valence-electron chi connectivity index (χ2n) is 3.94. The molecule has 0 aliphatic heterocycles. The van der Waals surface area contributed by atoms with E-state index >= 15 is 0 Å². The van der Waals surface area contributed by atoms with Crippen LogP contribution in [0.3, 0.4) is 0 Å². The van der Waals surface area contributed by atoms with Crippen molar-refractivity contribution in [2.75, 3.05) is 0 Å². The third kappa shape index (κ3) is 3.44. The molecule has 1 aliphatic rings. The number of carbonyl (C=O) groups is 2. The van der Waals surface area contributed by atoms with Crippen molar-refractivity contribution in [1.82, 2.24) is 15.6 Å². The number of amides is 2. The Morgan fingerprint density at radius 1 is 1.47 bits per heavy atom. The maximum atomic E-state index is 11.3. The molecule has 1 heterocycles. The van der Waals surface area contributed by atoms with Crippen molar-refractivity contribution in [2.24, 2.45) is 0 Å². The Morgan fingerprint density at radius 3 is 2.88 bits per heavy atom. The molecule has 90 valence electrons. The second-order valence-corrected chi connectivity index (χ2v) is 3.94. The number of rotatable bonds is 4. The Bertz CT molecular complexity index is 443. The lowest BCUT2D eigenvalue weighted by Crippen LogP contribution is -2.36. The van der Waals surface area contributed by atoms with Gasteiger partial charge in [0.15, 0.2) is 0 Å². The highest BCUT2D eigenvalue weighted by atomic mass is 16.4. The Balaban J connectivity index is 1.87. The molecular formula is C11H13N3O3. The third-order valence-electron chi connectivity index (χ3n) is 2.41. The molecule has 0 unspecified atom stereocenters. The molecule has 3 N–H and O–H groups in total. The van der Waals surface area contributed by atoms with Crippen LogP contribution < -0.4 is 10.6 Å². The van der Waals surface area contributed by atoms with Gasteiger partial charge in [-0.3, -0.25) is 4.98 Å². The number of nitrogens with one attached hydrogen (secondary N) is 2. The van der Waals surface area contributed by atoms with Gasteiger partial charge < -0.3 is 15.7 Å². The van der Waals surface area contributed by atoms with Crippen LogP contribution in [0.2, 0.25) is 0 Å². The lowest BCUT2D eigenvalue weighted by atomic mass is 10.2. The zero-order valence-electron chi connectivity index (χ0n) is 9.14. The quantitative estimate of drug-likeness (QED) is 0.717. The molecule has 1 aromatic heterocycles. The Hall–Kier alpha value is -2.11. The van der Waals surface area contributed by atoms with E-state index in [4.69, 9.17) is 5.11 Å². The van der Waals surface area contributed by atoms with Crippen molar-refractivity contribution in [3.05, 3.63) is 29.6 Å². The average Bonchev–Trinajstić information content (AvgIpc) is 3.11. The highest BCUT2D eigenvalue weighted by molar-refractivity contribution is 5.87. The number of carbonyl (C=O) groups excluding carboxylic acids is 1. The van der Waals surface area contributed by atoms with E-state index in [-0.39, 0.29) is 18.1 Å². The highest BCUT2D eigenvalue weighted by Crippen LogP contribution is 2.18. The number of urea groups is 1. The first-order chi connectivity index (χ1) is 8.15. The molecule has 1 fully saturated rings. The van der Waals surface area contributed by atoms with Crippen LogP contribution in [-0.4, -0.2) is 28.1 Å². The topological polar surface area (TPSA) is 91.3 Å². The highest BCUT2D eigenvalue weighted by Gasteiger charge is 2.22. The third-order valence-corrected chi connectivity index (χ3v) is 2.41.